The van der Waals surface area contributed by atoms with E-state index in [0.29, 0.717) is 11.4 Å². The molecule has 106 valence electrons. The van der Waals surface area contributed by atoms with Crippen molar-refractivity contribution in [1.29, 1.82) is 0 Å². The van der Waals surface area contributed by atoms with Crippen molar-refractivity contribution in [3.63, 3.8) is 0 Å². The predicted octanol–water partition coefficient (Wildman–Crippen LogP) is 2.12. The van der Waals surface area contributed by atoms with Crippen LogP contribution in [0.5, 0.6) is 5.88 Å². The summed E-state index contributed by atoms with van der Waals surface area (Å²) in [5.41, 5.74) is 3.50. The summed E-state index contributed by atoms with van der Waals surface area (Å²) in [7, 11) is 1.49. The molecular weight excluding hydrogens is 264 g/mol. The Morgan fingerprint density at radius 2 is 2.15 bits per heavy atom. The first-order valence-corrected chi connectivity index (χ1v) is 6.04. The van der Waals surface area contributed by atoms with Crippen molar-refractivity contribution in [3.8, 4) is 5.88 Å². The highest BCUT2D eigenvalue weighted by molar-refractivity contribution is 5.31. The molecular formula is C14H15F2N3O. The van der Waals surface area contributed by atoms with Crippen LogP contribution in [0.2, 0.25) is 0 Å². The second kappa shape index (κ2) is 6.40. The molecule has 4 nitrogen and oxygen atoms in total. The van der Waals surface area contributed by atoms with Gasteiger partial charge in [-0.15, -0.1) is 0 Å². The first-order chi connectivity index (χ1) is 9.65. The summed E-state index contributed by atoms with van der Waals surface area (Å²) < 4.78 is 32.0. The predicted molar refractivity (Wildman–Crippen MR) is 70.9 cm³/mol. The number of pyridine rings is 1. The number of nitrogens with two attached hydrogens (primary N) is 1. The molecule has 3 N–H and O–H groups in total. The average Bonchev–Trinajstić information content (AvgIpc) is 2.48. The number of aromatic nitrogens is 1. The molecule has 0 radical (unpaired) electrons. The van der Waals surface area contributed by atoms with Gasteiger partial charge < -0.3 is 4.74 Å². The third-order valence-electron chi connectivity index (χ3n) is 3.00. The van der Waals surface area contributed by atoms with E-state index in [-0.39, 0.29) is 12.0 Å². The summed E-state index contributed by atoms with van der Waals surface area (Å²) in [4.78, 5) is 4.06. The molecule has 1 atom stereocenters. The quantitative estimate of drug-likeness (QED) is 0.650. The lowest BCUT2D eigenvalue weighted by Crippen LogP contribution is -2.30. The molecule has 6 heteroatoms. The lowest BCUT2D eigenvalue weighted by atomic mass is 10.00. The van der Waals surface area contributed by atoms with Crippen LogP contribution in [0, 0.1) is 11.6 Å². The van der Waals surface area contributed by atoms with E-state index in [1.54, 1.807) is 18.3 Å². The largest absolute Gasteiger partial charge is 0.481 e. The Balaban J connectivity index is 2.31. The summed E-state index contributed by atoms with van der Waals surface area (Å²) in [6.45, 7) is 0. The zero-order valence-corrected chi connectivity index (χ0v) is 10.9. The molecule has 2 aromatic rings. The molecule has 20 heavy (non-hydrogen) atoms. The van der Waals surface area contributed by atoms with Crippen molar-refractivity contribution >= 4 is 0 Å². The van der Waals surface area contributed by atoms with Crippen molar-refractivity contribution in [2.45, 2.75) is 12.5 Å². The van der Waals surface area contributed by atoms with Crippen LogP contribution in [0.4, 0.5) is 8.78 Å². The molecule has 0 fully saturated rings. The topological polar surface area (TPSA) is 60.2 Å². The molecule has 1 unspecified atom stereocenters. The van der Waals surface area contributed by atoms with Crippen LogP contribution in [0.15, 0.2) is 36.5 Å². The van der Waals surface area contributed by atoms with Gasteiger partial charge in [-0.2, -0.15) is 0 Å². The van der Waals surface area contributed by atoms with Crippen molar-refractivity contribution in [2.24, 2.45) is 5.84 Å². The highest BCUT2D eigenvalue weighted by atomic mass is 19.1. The number of rotatable bonds is 5. The van der Waals surface area contributed by atoms with Crippen LogP contribution in [-0.4, -0.2) is 12.1 Å². The third kappa shape index (κ3) is 3.09. The van der Waals surface area contributed by atoms with Crippen molar-refractivity contribution < 1.29 is 13.5 Å². The van der Waals surface area contributed by atoms with Gasteiger partial charge in [-0.05, 0) is 36.2 Å². The minimum atomic E-state index is -0.490. The van der Waals surface area contributed by atoms with Gasteiger partial charge in [-0.25, -0.2) is 13.8 Å². The van der Waals surface area contributed by atoms with Crippen LogP contribution in [-0.2, 0) is 6.42 Å². The monoisotopic (exact) mass is 279 g/mol. The second-order valence-electron chi connectivity index (χ2n) is 4.26. The summed E-state index contributed by atoms with van der Waals surface area (Å²) in [6.07, 6.45) is 1.76. The SMILES string of the molecule is COc1ncccc1C(Cc1cc(F)ccc1F)NN. The zero-order valence-electron chi connectivity index (χ0n) is 10.9. The molecule has 0 spiro atoms. The number of halogens is 2. The van der Waals surface area contributed by atoms with Crippen molar-refractivity contribution in [3.05, 3.63) is 59.3 Å². The Kier molecular flexibility index (Phi) is 4.60. The smallest absolute Gasteiger partial charge is 0.217 e. The van der Waals surface area contributed by atoms with Crippen LogP contribution in [0.1, 0.15) is 17.2 Å². The number of hydrazine groups is 1. The first-order valence-electron chi connectivity index (χ1n) is 6.04. The molecule has 0 saturated carbocycles. The Labute approximate surface area is 115 Å². The van der Waals surface area contributed by atoms with Gasteiger partial charge in [-0.3, -0.25) is 11.3 Å². The zero-order chi connectivity index (χ0) is 14.5. The lowest BCUT2D eigenvalue weighted by molar-refractivity contribution is 0.381. The Morgan fingerprint density at radius 1 is 1.35 bits per heavy atom. The number of nitrogens with zero attached hydrogens (tertiary/aromatic N) is 1. The summed E-state index contributed by atoms with van der Waals surface area (Å²) in [5.74, 6) is 4.94. The van der Waals surface area contributed by atoms with Gasteiger partial charge in [0.05, 0.1) is 13.2 Å². The number of benzene rings is 1. The van der Waals surface area contributed by atoms with E-state index < -0.39 is 17.7 Å². The van der Waals surface area contributed by atoms with E-state index in [1.165, 1.54) is 7.11 Å². The highest BCUT2D eigenvalue weighted by Crippen LogP contribution is 2.26. The summed E-state index contributed by atoms with van der Waals surface area (Å²) >= 11 is 0. The minimum Gasteiger partial charge on any atom is -0.481 e. The second-order valence-corrected chi connectivity index (χ2v) is 4.26. The first kappa shape index (κ1) is 14.4. The van der Waals surface area contributed by atoms with Gasteiger partial charge in [0.15, 0.2) is 0 Å². The molecule has 0 aliphatic heterocycles. The van der Waals surface area contributed by atoms with E-state index in [4.69, 9.17) is 10.6 Å². The highest BCUT2D eigenvalue weighted by Gasteiger charge is 2.18. The lowest BCUT2D eigenvalue weighted by Gasteiger charge is -2.18. The van der Waals surface area contributed by atoms with Crippen LogP contribution >= 0.6 is 0 Å². The normalized spacial score (nSPS) is 12.2. The molecule has 0 saturated heterocycles. The maximum Gasteiger partial charge on any atom is 0.217 e. The van der Waals surface area contributed by atoms with Crippen LogP contribution < -0.4 is 16.0 Å². The van der Waals surface area contributed by atoms with E-state index in [2.05, 4.69) is 10.4 Å². The Hall–Kier alpha value is -2.05. The number of ether oxygens (including phenoxy) is 1. The average molecular weight is 279 g/mol. The van der Waals surface area contributed by atoms with E-state index in [0.717, 1.165) is 18.2 Å². The summed E-state index contributed by atoms with van der Waals surface area (Å²) in [5, 5.41) is 0. The van der Waals surface area contributed by atoms with Crippen LogP contribution in [0.3, 0.4) is 0 Å². The summed E-state index contributed by atoms with van der Waals surface area (Å²) in [6, 6.07) is 6.39. The van der Waals surface area contributed by atoms with Crippen LogP contribution in [0.25, 0.3) is 0 Å². The van der Waals surface area contributed by atoms with Gasteiger partial charge in [0.1, 0.15) is 11.6 Å². The maximum atomic E-state index is 13.7. The molecule has 0 bridgehead atoms. The third-order valence-corrected chi connectivity index (χ3v) is 3.00. The number of hydrogen-bond donors (Lipinski definition) is 2. The van der Waals surface area contributed by atoms with Crippen molar-refractivity contribution in [1.82, 2.24) is 10.4 Å². The van der Waals surface area contributed by atoms with E-state index in [9.17, 15) is 8.78 Å². The fourth-order valence-electron chi connectivity index (χ4n) is 2.02. The Morgan fingerprint density at radius 3 is 2.85 bits per heavy atom. The molecule has 1 heterocycles. The molecule has 0 amide bonds. The molecule has 0 aliphatic carbocycles. The number of nitrogens with one attached hydrogen (secondary N) is 1. The standard InChI is InChI=1S/C14H15F2N3O/c1-20-14-11(3-2-6-18-14)13(19-17)8-9-7-10(15)4-5-12(9)16/h2-7,13,19H,8,17H2,1H3. The van der Waals surface area contributed by atoms with Gasteiger partial charge in [0, 0.05) is 11.8 Å². The van der Waals surface area contributed by atoms with Gasteiger partial charge in [0.2, 0.25) is 5.88 Å². The maximum absolute atomic E-state index is 13.7. The fraction of sp³-hybridized carbons (Fsp3) is 0.214. The van der Waals surface area contributed by atoms with E-state index >= 15 is 0 Å². The van der Waals surface area contributed by atoms with Gasteiger partial charge in [0.25, 0.3) is 0 Å². The Bertz CT molecular complexity index is 592. The minimum absolute atomic E-state index is 0.183. The van der Waals surface area contributed by atoms with Crippen molar-refractivity contribution in [2.75, 3.05) is 7.11 Å². The van der Waals surface area contributed by atoms with E-state index in [1.807, 2.05) is 0 Å². The molecule has 1 aromatic carbocycles. The molecule has 2 rings (SSSR count). The fourth-order valence-corrected chi connectivity index (χ4v) is 2.02. The van der Waals surface area contributed by atoms with Gasteiger partial charge in [-0.1, -0.05) is 6.07 Å². The number of methoxy groups -OCH3 is 1. The molecule has 0 aliphatic rings. The van der Waals surface area contributed by atoms with Gasteiger partial charge >= 0.3 is 0 Å². The number of hydrogen-bond acceptors (Lipinski definition) is 4. The molecule has 1 aromatic heterocycles.